The maximum absolute atomic E-state index is 16.7. The zero-order valence-corrected chi connectivity index (χ0v) is 40.7. The third kappa shape index (κ3) is 7.52. The quantitative estimate of drug-likeness (QED) is 0.0877. The average molecular weight is 908 g/mol. The molecule has 0 radical (unpaired) electrons. The number of ether oxygens (including phenoxy) is 2. The summed E-state index contributed by atoms with van der Waals surface area (Å²) in [6.45, 7) is 21.1. The van der Waals surface area contributed by atoms with Gasteiger partial charge in [0.1, 0.15) is 30.1 Å². The Morgan fingerprint density at radius 1 is 0.984 bits per heavy atom. The molecule has 3 saturated heterocycles. The summed E-state index contributed by atoms with van der Waals surface area (Å²) in [6, 6.07) is 7.36. The minimum Gasteiger partial charge on any atom is -0.444 e. The Morgan fingerprint density at radius 2 is 1.70 bits per heavy atom. The molecule has 0 N–H and O–H groups in total. The highest BCUT2D eigenvalue weighted by Gasteiger charge is 2.46. The minimum atomic E-state index is -2.27. The van der Waals surface area contributed by atoms with Gasteiger partial charge in [-0.05, 0) is 93.1 Å². The first kappa shape index (κ1) is 43.7. The lowest BCUT2D eigenvalue weighted by molar-refractivity contribution is -0.0366. The Hall–Kier alpha value is -4.49. The smallest absolute Gasteiger partial charge is 0.410 e. The van der Waals surface area contributed by atoms with Gasteiger partial charge in [-0.3, -0.25) is 14.1 Å². The van der Waals surface area contributed by atoms with Gasteiger partial charge >= 0.3 is 6.09 Å². The van der Waals surface area contributed by atoms with Crippen molar-refractivity contribution >= 4 is 84.1 Å². The van der Waals surface area contributed by atoms with Gasteiger partial charge in [0.25, 0.3) is 0 Å². The van der Waals surface area contributed by atoms with Crippen molar-refractivity contribution in [2.45, 2.75) is 140 Å². The Labute approximate surface area is 376 Å². The number of hydrogen-bond acceptors (Lipinski definition) is 10. The number of rotatable bonds is 7. The molecule has 6 aromatic rings. The highest BCUT2D eigenvalue weighted by Crippen LogP contribution is 2.48. The largest absolute Gasteiger partial charge is 0.444 e. The predicted molar refractivity (Wildman–Crippen MR) is 255 cm³/mol. The Morgan fingerprint density at radius 3 is 2.33 bits per heavy atom. The van der Waals surface area contributed by atoms with Crippen LogP contribution in [-0.2, 0) is 20.3 Å². The van der Waals surface area contributed by atoms with Gasteiger partial charge < -0.3 is 14.4 Å². The van der Waals surface area contributed by atoms with Gasteiger partial charge in [0.15, 0.2) is 6.23 Å². The van der Waals surface area contributed by atoms with Gasteiger partial charge in [-0.25, -0.2) is 23.8 Å². The number of halogens is 1. The van der Waals surface area contributed by atoms with E-state index in [4.69, 9.17) is 29.5 Å². The van der Waals surface area contributed by atoms with E-state index >= 15 is 4.39 Å². The number of pyridine rings is 1. The number of amides is 1. The van der Waals surface area contributed by atoms with Crippen LogP contribution in [-0.4, -0.2) is 91.6 Å². The lowest BCUT2D eigenvalue weighted by Gasteiger charge is -2.42. The molecule has 3 aliphatic rings. The van der Waals surface area contributed by atoms with E-state index in [-0.39, 0.29) is 35.4 Å². The first-order valence-corrected chi connectivity index (χ1v) is 27.1. The van der Waals surface area contributed by atoms with Crippen molar-refractivity contribution in [3.8, 4) is 22.7 Å². The molecule has 15 heteroatoms. The van der Waals surface area contributed by atoms with E-state index in [1.54, 1.807) is 12.3 Å². The van der Waals surface area contributed by atoms with Crippen molar-refractivity contribution < 1.29 is 22.9 Å². The third-order valence-electron chi connectivity index (χ3n) is 13.6. The molecular formula is C48H58FN7O4S2Si. The fourth-order valence-corrected chi connectivity index (χ4v) is 17.7. The minimum absolute atomic E-state index is 0.0618. The number of anilines is 1. The molecule has 4 atom stereocenters. The molecule has 0 saturated carbocycles. The normalized spacial score (nSPS) is 20.2. The fraction of sp³-hybridized carbons (Fsp3) is 0.521. The summed E-state index contributed by atoms with van der Waals surface area (Å²) in [5.74, 6) is 3.85. The van der Waals surface area contributed by atoms with Crippen LogP contribution in [0.1, 0.15) is 106 Å². The number of benzene rings is 2. The molecule has 3 fully saturated rings. The first-order chi connectivity index (χ1) is 30.0. The van der Waals surface area contributed by atoms with Crippen LogP contribution >= 0.6 is 11.3 Å². The summed E-state index contributed by atoms with van der Waals surface area (Å²) in [7, 11) is -3.74. The molecule has 9 rings (SSSR count). The summed E-state index contributed by atoms with van der Waals surface area (Å²) in [6.07, 6.45) is 9.37. The number of hydrogen-bond donors (Lipinski definition) is 0. The number of thiophene rings is 1. The second-order valence-corrected chi connectivity index (χ2v) is 27.4. The average Bonchev–Trinajstić information content (AvgIpc) is 3.91. The van der Waals surface area contributed by atoms with Gasteiger partial charge in [-0.15, -0.1) is 16.9 Å². The van der Waals surface area contributed by atoms with Crippen molar-refractivity contribution in [3.63, 3.8) is 0 Å². The van der Waals surface area contributed by atoms with E-state index < -0.39 is 24.5 Å². The van der Waals surface area contributed by atoms with E-state index in [0.717, 1.165) is 69.4 Å². The van der Waals surface area contributed by atoms with Crippen molar-refractivity contribution in [2.24, 2.45) is 0 Å². The molecule has 63 heavy (non-hydrogen) atoms. The summed E-state index contributed by atoms with van der Waals surface area (Å²) >= 11 is 1.48. The van der Waals surface area contributed by atoms with Gasteiger partial charge in [0.2, 0.25) is 5.16 Å². The van der Waals surface area contributed by atoms with Crippen LogP contribution in [0, 0.1) is 17.3 Å². The number of piperazine rings is 1. The van der Waals surface area contributed by atoms with Crippen molar-refractivity contribution in [1.29, 1.82) is 0 Å². The van der Waals surface area contributed by atoms with Crippen LogP contribution < -0.4 is 4.90 Å². The van der Waals surface area contributed by atoms with Crippen LogP contribution in [0.25, 0.3) is 53.2 Å². The molecule has 2 aromatic carbocycles. The molecule has 1 amide bonds. The summed E-state index contributed by atoms with van der Waals surface area (Å²) in [5.41, 5.74) is 6.99. The maximum Gasteiger partial charge on any atom is 0.410 e. The molecule has 11 nitrogen and oxygen atoms in total. The zero-order chi connectivity index (χ0) is 44.7. The molecule has 0 aliphatic carbocycles. The van der Waals surface area contributed by atoms with Crippen LogP contribution in [0.4, 0.5) is 15.0 Å². The van der Waals surface area contributed by atoms with E-state index in [0.29, 0.717) is 63.6 Å². The Balaban J connectivity index is 1.29. The second-order valence-electron chi connectivity index (χ2n) is 19.5. The van der Waals surface area contributed by atoms with Crippen LogP contribution in [0.15, 0.2) is 41.8 Å². The second kappa shape index (κ2) is 16.5. The van der Waals surface area contributed by atoms with Crippen LogP contribution in [0.5, 0.6) is 0 Å². The molecule has 0 spiro atoms. The summed E-state index contributed by atoms with van der Waals surface area (Å²) < 4.78 is 44.9. The highest BCUT2D eigenvalue weighted by molar-refractivity contribution is 7.84. The monoisotopic (exact) mass is 907 g/mol. The van der Waals surface area contributed by atoms with Gasteiger partial charge in [-0.1, -0.05) is 53.5 Å². The zero-order valence-electron chi connectivity index (χ0n) is 38.0. The Kier molecular flexibility index (Phi) is 11.5. The van der Waals surface area contributed by atoms with Crippen LogP contribution in [0.2, 0.25) is 16.6 Å². The molecular weight excluding hydrogens is 850 g/mol. The first-order valence-electron chi connectivity index (χ1n) is 22.4. The van der Waals surface area contributed by atoms with Gasteiger partial charge in [0.05, 0.1) is 55.9 Å². The van der Waals surface area contributed by atoms with E-state index in [1.165, 1.54) is 11.3 Å². The molecule has 2 unspecified atom stereocenters. The number of aromatic nitrogens is 5. The van der Waals surface area contributed by atoms with E-state index in [1.807, 2.05) is 54.9 Å². The molecule has 332 valence electrons. The maximum atomic E-state index is 16.7. The van der Waals surface area contributed by atoms with Crippen molar-refractivity contribution in [3.05, 3.63) is 48.0 Å². The van der Waals surface area contributed by atoms with Gasteiger partial charge in [0, 0.05) is 53.9 Å². The number of carbonyl (C=O) groups excluding carboxylic acids is 1. The van der Waals surface area contributed by atoms with Crippen molar-refractivity contribution in [2.75, 3.05) is 30.9 Å². The fourth-order valence-electron chi connectivity index (χ4n) is 10.9. The van der Waals surface area contributed by atoms with Crippen molar-refractivity contribution in [1.82, 2.24) is 29.6 Å². The number of carbonyl (C=O) groups is 1. The molecule has 3 aliphatic heterocycles. The lowest BCUT2D eigenvalue weighted by atomic mass is 9.93. The standard InChI is InChI=1S/C48H58FN7O4S2Si/c1-27(2)63(28(3)4,29(5)6)22-19-33-36(49)17-14-30-23-37-35(24-51-56(37)38-13-11-12-21-59-38)40(39(30)33)42-43-34(18-20-50-42)41-44(52-46(62(10)58)53-45(41)61-43)54-25-31-15-16-32(26-54)55(31)47(57)60-48(7,8)9/h14,17-18,20,23-24,27-29,31-32,38H,11-13,15-16,21,25-26H2,1-10H3/t31-,32+,38?,62?. The molecule has 4 aromatic heterocycles. The predicted octanol–water partition coefficient (Wildman–Crippen LogP) is 11.1. The summed E-state index contributed by atoms with van der Waals surface area (Å²) in [5, 5.41) is 9.33. The number of nitrogens with zero attached hydrogens (tertiary/aromatic N) is 7. The Bertz CT molecular complexity index is 2830. The van der Waals surface area contributed by atoms with Gasteiger partial charge in [-0.2, -0.15) is 5.10 Å². The van der Waals surface area contributed by atoms with Crippen LogP contribution in [0.3, 0.4) is 0 Å². The molecule has 7 heterocycles. The lowest BCUT2D eigenvalue weighted by Crippen LogP contribution is -2.57. The van der Waals surface area contributed by atoms with E-state index in [9.17, 15) is 9.00 Å². The third-order valence-corrected chi connectivity index (χ3v) is 21.7. The SMILES string of the molecule is CC(C)[Si](C#Cc1c(F)ccc2cc3c(cnn3C3CCCCO3)c(-c3nccc4c3sc3nc(S(C)=O)nc(N5C[C@H]6CC[C@@H](C5)N6C(=O)OC(C)(C)C)c34)c12)(C(C)C)C(C)C. The topological polar surface area (TPSA) is 116 Å². The van der Waals surface area contributed by atoms with E-state index in [2.05, 4.69) is 64.0 Å². The number of fused-ring (bicyclic) bond motifs is 7. The molecule has 2 bridgehead atoms. The highest BCUT2D eigenvalue weighted by atomic mass is 32.2. The summed E-state index contributed by atoms with van der Waals surface area (Å²) in [4.78, 5) is 33.4.